The zero-order valence-corrected chi connectivity index (χ0v) is 15.1. The molecule has 0 unspecified atom stereocenters. The quantitative estimate of drug-likeness (QED) is 0.404. The molecule has 1 aliphatic carbocycles. The maximum Gasteiger partial charge on any atom is 0.218 e. The number of hydrogen-bond donors (Lipinski definition) is 1. The van der Waals surface area contributed by atoms with Crippen LogP contribution in [0.25, 0.3) is 17.2 Å². The second kappa shape index (κ2) is 7.91. The molecule has 1 N–H and O–H groups in total. The van der Waals surface area contributed by atoms with Gasteiger partial charge in [-0.2, -0.15) is 5.21 Å². The lowest BCUT2D eigenvalue weighted by molar-refractivity contribution is 0.152. The van der Waals surface area contributed by atoms with Gasteiger partial charge in [0.25, 0.3) is 0 Å². The molecule has 0 radical (unpaired) electrons. The second-order valence-corrected chi connectivity index (χ2v) is 6.22. The van der Waals surface area contributed by atoms with E-state index in [0.717, 1.165) is 33.4 Å². The Kier molecular flexibility index (Phi) is 5.01. The molecule has 1 aliphatic rings. The second-order valence-electron chi connectivity index (χ2n) is 6.22. The normalized spacial score (nSPS) is 14.9. The topological polar surface area (TPSA) is 88.9 Å². The first kappa shape index (κ1) is 17.7. The number of pyridine rings is 1. The molecule has 0 amide bonds. The summed E-state index contributed by atoms with van der Waals surface area (Å²) in [5.41, 5.74) is 6.17. The third kappa shape index (κ3) is 3.71. The van der Waals surface area contributed by atoms with Crippen LogP contribution in [0.3, 0.4) is 0 Å². The highest BCUT2D eigenvalue weighted by Gasteiger charge is 2.24. The van der Waals surface area contributed by atoms with Crippen molar-refractivity contribution < 1.29 is 9.23 Å². The highest BCUT2D eigenvalue weighted by Crippen LogP contribution is 2.43. The van der Waals surface area contributed by atoms with Gasteiger partial charge in [0, 0.05) is 18.8 Å². The number of halogens is 1. The summed E-state index contributed by atoms with van der Waals surface area (Å²) in [5, 5.41) is 17.1. The van der Waals surface area contributed by atoms with Gasteiger partial charge in [-0.1, -0.05) is 11.2 Å². The van der Waals surface area contributed by atoms with Gasteiger partial charge in [0.05, 0.1) is 0 Å². The van der Waals surface area contributed by atoms with Gasteiger partial charge in [-0.3, -0.25) is 4.98 Å². The Hall–Kier alpha value is -3.68. The van der Waals surface area contributed by atoms with E-state index in [0.29, 0.717) is 18.9 Å². The smallest absolute Gasteiger partial charge is 0.218 e. The Bertz CT molecular complexity index is 1060. The molecule has 0 fully saturated rings. The molecule has 28 heavy (non-hydrogen) atoms. The highest BCUT2D eigenvalue weighted by atomic mass is 19.1. The predicted octanol–water partition coefficient (Wildman–Crippen LogP) is 3.50. The number of nitrogens with zero attached hydrogens (tertiary/aromatic N) is 5. The summed E-state index contributed by atoms with van der Waals surface area (Å²) in [7, 11) is 0. The number of allylic oxidation sites excluding steroid dienone is 2. The molecule has 2 heterocycles. The van der Waals surface area contributed by atoms with Gasteiger partial charge >= 0.3 is 0 Å². The molecular weight excluding hydrogens is 359 g/mol. The van der Waals surface area contributed by atoms with E-state index in [2.05, 4.69) is 36.8 Å². The third-order valence-electron chi connectivity index (χ3n) is 4.52. The number of aromatic amines is 1. The number of tetrazole rings is 1. The van der Waals surface area contributed by atoms with Gasteiger partial charge in [0.2, 0.25) is 5.82 Å². The van der Waals surface area contributed by atoms with Crippen molar-refractivity contribution in [1.82, 2.24) is 25.6 Å². The minimum Gasteiger partial charge on any atom is -0.395 e. The summed E-state index contributed by atoms with van der Waals surface area (Å²) in [6, 6.07) is 8.77. The number of oxime groups is 1. The lowest BCUT2D eigenvalue weighted by Crippen LogP contribution is -1.94. The van der Waals surface area contributed by atoms with Crippen LogP contribution in [0, 0.1) is 5.82 Å². The van der Waals surface area contributed by atoms with E-state index in [-0.39, 0.29) is 5.82 Å². The zero-order chi connectivity index (χ0) is 19.3. The summed E-state index contributed by atoms with van der Waals surface area (Å²) >= 11 is 0. The van der Waals surface area contributed by atoms with Crippen molar-refractivity contribution in [2.45, 2.75) is 13.3 Å². The van der Waals surface area contributed by atoms with E-state index in [1.165, 1.54) is 12.3 Å². The van der Waals surface area contributed by atoms with Crippen molar-refractivity contribution in [3.05, 3.63) is 76.6 Å². The van der Waals surface area contributed by atoms with Crippen molar-refractivity contribution in [2.75, 3.05) is 6.61 Å². The van der Waals surface area contributed by atoms with Gasteiger partial charge in [-0.05, 0) is 75.9 Å². The molecule has 0 bridgehead atoms. The number of rotatable bonds is 6. The van der Waals surface area contributed by atoms with Crippen LogP contribution < -0.4 is 0 Å². The molecule has 0 aliphatic heterocycles. The molecule has 4 rings (SSSR count). The van der Waals surface area contributed by atoms with E-state index in [4.69, 9.17) is 4.84 Å². The molecule has 140 valence electrons. The molecule has 3 aromatic rings. The molecule has 7 nitrogen and oxygen atoms in total. The molecule has 0 atom stereocenters. The first-order chi connectivity index (χ1) is 13.7. The van der Waals surface area contributed by atoms with E-state index < -0.39 is 0 Å². The van der Waals surface area contributed by atoms with Crippen LogP contribution in [0.15, 0.2) is 53.5 Å². The molecule has 2 aromatic heterocycles. The Balaban J connectivity index is 1.56. The fourth-order valence-electron chi connectivity index (χ4n) is 3.21. The van der Waals surface area contributed by atoms with Crippen LogP contribution in [-0.2, 0) is 4.84 Å². The summed E-state index contributed by atoms with van der Waals surface area (Å²) in [4.78, 5) is 9.36. The average molecular weight is 376 g/mol. The number of aromatic nitrogens is 5. The van der Waals surface area contributed by atoms with Crippen molar-refractivity contribution in [2.24, 2.45) is 5.16 Å². The van der Waals surface area contributed by atoms with Crippen molar-refractivity contribution in [1.29, 1.82) is 0 Å². The highest BCUT2D eigenvalue weighted by molar-refractivity contribution is 6.05. The average Bonchev–Trinajstić information content (AvgIpc) is 3.31. The number of benzene rings is 1. The summed E-state index contributed by atoms with van der Waals surface area (Å²) in [5.74, 6) is 0.0801. The first-order valence-electron chi connectivity index (χ1n) is 8.73. The Morgan fingerprint density at radius 2 is 2.04 bits per heavy atom. The summed E-state index contributed by atoms with van der Waals surface area (Å²) < 4.78 is 13.9. The largest absolute Gasteiger partial charge is 0.395 e. The molecule has 0 saturated heterocycles. The zero-order valence-electron chi connectivity index (χ0n) is 15.1. The number of nitrogens with one attached hydrogen (secondary N) is 1. The van der Waals surface area contributed by atoms with Gasteiger partial charge in [0.1, 0.15) is 18.6 Å². The third-order valence-corrected chi connectivity index (χ3v) is 4.52. The summed E-state index contributed by atoms with van der Waals surface area (Å²) in [6.07, 6.45) is 7.57. The number of H-pyrrole nitrogens is 1. The van der Waals surface area contributed by atoms with Crippen LogP contribution in [0.2, 0.25) is 0 Å². The van der Waals surface area contributed by atoms with Gasteiger partial charge in [-0.15, -0.1) is 10.2 Å². The Labute approximate surface area is 160 Å². The van der Waals surface area contributed by atoms with Gasteiger partial charge < -0.3 is 4.84 Å². The predicted molar refractivity (Wildman–Crippen MR) is 103 cm³/mol. The van der Waals surface area contributed by atoms with Gasteiger partial charge in [-0.25, -0.2) is 4.39 Å². The fourth-order valence-corrected chi connectivity index (χ4v) is 3.21. The van der Waals surface area contributed by atoms with Gasteiger partial charge in [0.15, 0.2) is 0 Å². The van der Waals surface area contributed by atoms with Crippen LogP contribution in [0.1, 0.15) is 35.9 Å². The van der Waals surface area contributed by atoms with Crippen molar-refractivity contribution >= 4 is 23.4 Å². The maximum absolute atomic E-state index is 13.9. The Morgan fingerprint density at radius 3 is 2.82 bits per heavy atom. The Morgan fingerprint density at radius 1 is 1.18 bits per heavy atom. The maximum atomic E-state index is 13.9. The molecular formula is C20H17FN6O. The van der Waals surface area contributed by atoms with E-state index in [1.807, 2.05) is 25.1 Å². The van der Waals surface area contributed by atoms with Crippen molar-refractivity contribution in [3.63, 3.8) is 0 Å². The molecule has 1 aromatic carbocycles. The van der Waals surface area contributed by atoms with Crippen LogP contribution in [0.4, 0.5) is 4.39 Å². The number of hydrogen-bond acceptors (Lipinski definition) is 6. The van der Waals surface area contributed by atoms with Crippen molar-refractivity contribution in [3.8, 4) is 0 Å². The lowest BCUT2D eigenvalue weighted by atomic mass is 10.0. The van der Waals surface area contributed by atoms with Crippen LogP contribution in [0.5, 0.6) is 0 Å². The minimum absolute atomic E-state index is 0.259. The molecule has 0 saturated carbocycles. The minimum atomic E-state index is -0.259. The van der Waals surface area contributed by atoms with Crippen LogP contribution >= 0.6 is 0 Å². The molecule has 8 heteroatoms. The molecule has 0 spiro atoms. The van der Waals surface area contributed by atoms with E-state index in [9.17, 15) is 4.39 Å². The SMILES string of the molecule is CC1=C(CCON=Cc2nn[nH]n2)c2cc(F)ccc2/C1=C\c1ccncc1. The number of fused-ring (bicyclic) bond motifs is 1. The fraction of sp³-hybridized carbons (Fsp3) is 0.150. The first-order valence-corrected chi connectivity index (χ1v) is 8.73. The van der Waals surface area contributed by atoms with E-state index >= 15 is 0 Å². The monoisotopic (exact) mass is 376 g/mol. The van der Waals surface area contributed by atoms with E-state index in [1.54, 1.807) is 18.5 Å². The van der Waals surface area contributed by atoms with Crippen LogP contribution in [-0.4, -0.2) is 38.4 Å². The summed E-state index contributed by atoms with van der Waals surface area (Å²) in [6.45, 7) is 2.39. The lowest BCUT2D eigenvalue weighted by Gasteiger charge is -2.05. The standard InChI is InChI=1S/C20H17FN6O/c1-13-16(6-9-28-23-12-20-24-26-27-25-20)19-11-15(21)2-3-17(19)18(13)10-14-4-7-22-8-5-14/h2-5,7-8,10-12H,6,9H2,1H3,(H,24,25,26,27)/b18-10-,23-12?.